The van der Waals surface area contributed by atoms with Gasteiger partial charge in [0.1, 0.15) is 0 Å². The lowest BCUT2D eigenvalue weighted by Gasteiger charge is -2.02. The van der Waals surface area contributed by atoms with E-state index < -0.39 is 0 Å². The Morgan fingerprint density at radius 3 is 2.60 bits per heavy atom. The third-order valence-corrected chi connectivity index (χ3v) is 1.86. The van der Waals surface area contributed by atoms with Crippen LogP contribution in [0.1, 0.15) is 26.2 Å². The van der Waals surface area contributed by atoms with E-state index in [2.05, 4.69) is 24.9 Å². The molecular formula is C8H19NS. The fraction of sp³-hybridized carbons (Fsp3) is 1.00. The molecule has 0 aromatic rings. The van der Waals surface area contributed by atoms with Crippen LogP contribution in [0, 0.1) is 5.92 Å². The summed E-state index contributed by atoms with van der Waals surface area (Å²) in [4.78, 5) is 0. The summed E-state index contributed by atoms with van der Waals surface area (Å²) < 4.78 is 0. The molecule has 0 bridgehead atoms. The van der Waals surface area contributed by atoms with Crippen molar-refractivity contribution in [1.82, 2.24) is 5.32 Å². The first-order valence-corrected chi connectivity index (χ1v) is 4.94. The maximum absolute atomic E-state index is 3.53. The molecule has 1 fully saturated rings. The fourth-order valence-electron chi connectivity index (χ4n) is 1.19. The van der Waals surface area contributed by atoms with Gasteiger partial charge in [-0.1, -0.05) is 6.92 Å². The van der Waals surface area contributed by atoms with Gasteiger partial charge in [-0.05, 0) is 44.5 Å². The van der Waals surface area contributed by atoms with E-state index in [-0.39, 0.29) is 0 Å². The summed E-state index contributed by atoms with van der Waals surface area (Å²) in [5.41, 5.74) is 0. The Kier molecular flexibility index (Phi) is 7.65. The minimum Gasteiger partial charge on any atom is -0.317 e. The van der Waals surface area contributed by atoms with Gasteiger partial charge in [0.05, 0.1) is 0 Å². The number of thiol groups is 1. The van der Waals surface area contributed by atoms with Gasteiger partial charge in [-0.25, -0.2) is 0 Å². The molecule has 0 radical (unpaired) electrons. The minimum absolute atomic E-state index is 0.963. The Morgan fingerprint density at radius 2 is 1.90 bits per heavy atom. The zero-order chi connectivity index (χ0) is 7.82. The second kappa shape index (κ2) is 7.42. The predicted octanol–water partition coefficient (Wildman–Crippen LogP) is 1.94. The first-order chi connectivity index (χ1) is 4.89. The van der Waals surface area contributed by atoms with Crippen molar-refractivity contribution >= 4 is 12.6 Å². The SMILES string of the molecule is CC1CCCNCC1.CS. The first kappa shape index (κ1) is 10.3. The molecule has 0 aromatic heterocycles. The number of nitrogens with one attached hydrogen (secondary N) is 1. The van der Waals surface area contributed by atoms with E-state index in [0.717, 1.165) is 5.92 Å². The molecule has 1 unspecified atom stereocenters. The highest BCUT2D eigenvalue weighted by atomic mass is 32.1. The van der Waals surface area contributed by atoms with Crippen LogP contribution in [0.3, 0.4) is 0 Å². The summed E-state index contributed by atoms with van der Waals surface area (Å²) in [6, 6.07) is 0. The second-order valence-corrected chi connectivity index (χ2v) is 2.79. The zero-order valence-corrected chi connectivity index (χ0v) is 7.95. The van der Waals surface area contributed by atoms with Crippen LogP contribution in [0.5, 0.6) is 0 Å². The summed E-state index contributed by atoms with van der Waals surface area (Å²) in [7, 11) is 0. The highest BCUT2D eigenvalue weighted by molar-refractivity contribution is 7.79. The average molecular weight is 161 g/mol. The highest BCUT2D eigenvalue weighted by Gasteiger charge is 2.04. The third kappa shape index (κ3) is 5.12. The summed E-state index contributed by atoms with van der Waals surface area (Å²) in [5, 5.41) is 3.38. The van der Waals surface area contributed by atoms with Gasteiger partial charge in [-0.2, -0.15) is 12.6 Å². The van der Waals surface area contributed by atoms with Crippen molar-refractivity contribution in [1.29, 1.82) is 0 Å². The van der Waals surface area contributed by atoms with Crippen molar-refractivity contribution in [2.75, 3.05) is 19.3 Å². The van der Waals surface area contributed by atoms with E-state index in [1.165, 1.54) is 32.4 Å². The van der Waals surface area contributed by atoms with Crippen molar-refractivity contribution in [3.05, 3.63) is 0 Å². The predicted molar refractivity (Wildman–Crippen MR) is 50.8 cm³/mol. The molecule has 1 atom stereocenters. The molecule has 1 saturated heterocycles. The molecule has 0 aliphatic carbocycles. The molecule has 1 aliphatic heterocycles. The Bertz CT molecular complexity index is 58.3. The number of rotatable bonds is 0. The molecule has 1 N–H and O–H groups in total. The second-order valence-electron chi connectivity index (χ2n) is 2.79. The maximum atomic E-state index is 3.53. The lowest BCUT2D eigenvalue weighted by Crippen LogP contribution is -2.13. The number of hydrogen-bond acceptors (Lipinski definition) is 2. The third-order valence-electron chi connectivity index (χ3n) is 1.86. The van der Waals surface area contributed by atoms with Crippen LogP contribution in [0.25, 0.3) is 0 Å². The van der Waals surface area contributed by atoms with Crippen LogP contribution in [-0.4, -0.2) is 19.3 Å². The van der Waals surface area contributed by atoms with Crippen molar-refractivity contribution in [3.8, 4) is 0 Å². The van der Waals surface area contributed by atoms with E-state index in [0.29, 0.717) is 0 Å². The molecular weight excluding hydrogens is 142 g/mol. The van der Waals surface area contributed by atoms with Gasteiger partial charge >= 0.3 is 0 Å². The van der Waals surface area contributed by atoms with Crippen molar-refractivity contribution < 1.29 is 0 Å². The Labute approximate surface area is 70.0 Å². The van der Waals surface area contributed by atoms with Crippen molar-refractivity contribution in [2.45, 2.75) is 26.2 Å². The molecule has 2 heteroatoms. The van der Waals surface area contributed by atoms with Crippen LogP contribution >= 0.6 is 12.6 Å². The fourth-order valence-corrected chi connectivity index (χ4v) is 1.19. The quantitative estimate of drug-likeness (QED) is 0.517. The number of hydrogen-bond donors (Lipinski definition) is 2. The molecule has 10 heavy (non-hydrogen) atoms. The lowest BCUT2D eigenvalue weighted by atomic mass is 10.0. The average Bonchev–Trinajstić information content (AvgIpc) is 2.21. The molecule has 0 spiro atoms. The van der Waals surface area contributed by atoms with Gasteiger partial charge in [0.15, 0.2) is 0 Å². The molecule has 0 amide bonds. The topological polar surface area (TPSA) is 12.0 Å². The molecule has 0 saturated carbocycles. The van der Waals surface area contributed by atoms with Crippen molar-refractivity contribution in [2.24, 2.45) is 5.92 Å². The van der Waals surface area contributed by atoms with Crippen LogP contribution in [0.4, 0.5) is 0 Å². The van der Waals surface area contributed by atoms with E-state index in [9.17, 15) is 0 Å². The molecule has 62 valence electrons. The van der Waals surface area contributed by atoms with E-state index in [1.807, 2.05) is 0 Å². The Balaban J connectivity index is 0.000000371. The van der Waals surface area contributed by atoms with Gasteiger partial charge in [0, 0.05) is 0 Å². The van der Waals surface area contributed by atoms with Crippen LogP contribution < -0.4 is 5.32 Å². The molecule has 1 aliphatic rings. The first-order valence-electron chi connectivity index (χ1n) is 4.05. The van der Waals surface area contributed by atoms with Gasteiger partial charge < -0.3 is 5.32 Å². The van der Waals surface area contributed by atoms with Crippen LogP contribution in [0.15, 0.2) is 0 Å². The van der Waals surface area contributed by atoms with E-state index in [1.54, 1.807) is 6.26 Å². The van der Waals surface area contributed by atoms with Crippen LogP contribution in [0.2, 0.25) is 0 Å². The Hall–Kier alpha value is 0.310. The summed E-state index contributed by atoms with van der Waals surface area (Å²) in [6.07, 6.45) is 5.87. The summed E-state index contributed by atoms with van der Waals surface area (Å²) >= 11 is 3.53. The van der Waals surface area contributed by atoms with Gasteiger partial charge in [0.25, 0.3) is 0 Å². The normalized spacial score (nSPS) is 26.1. The van der Waals surface area contributed by atoms with Crippen LogP contribution in [-0.2, 0) is 0 Å². The zero-order valence-electron chi connectivity index (χ0n) is 7.06. The summed E-state index contributed by atoms with van der Waals surface area (Å²) in [6.45, 7) is 4.82. The largest absolute Gasteiger partial charge is 0.317 e. The van der Waals surface area contributed by atoms with Gasteiger partial charge in [-0.3, -0.25) is 0 Å². The monoisotopic (exact) mass is 161 g/mol. The smallest absolute Gasteiger partial charge is 0.00464 e. The maximum Gasteiger partial charge on any atom is -0.00464 e. The molecule has 1 nitrogen and oxygen atoms in total. The molecule has 1 heterocycles. The molecule has 0 aromatic carbocycles. The standard InChI is InChI=1S/C7H15N.CH4S/c1-7-3-2-5-8-6-4-7;1-2/h7-8H,2-6H2,1H3;2H,1H3. The van der Waals surface area contributed by atoms with Gasteiger partial charge in [0.2, 0.25) is 0 Å². The van der Waals surface area contributed by atoms with E-state index in [4.69, 9.17) is 0 Å². The lowest BCUT2D eigenvalue weighted by molar-refractivity contribution is 0.519. The van der Waals surface area contributed by atoms with E-state index >= 15 is 0 Å². The highest BCUT2D eigenvalue weighted by Crippen LogP contribution is 2.10. The molecule has 1 rings (SSSR count). The summed E-state index contributed by atoms with van der Waals surface area (Å²) in [5.74, 6) is 0.963. The Morgan fingerprint density at radius 1 is 1.20 bits per heavy atom. The van der Waals surface area contributed by atoms with Gasteiger partial charge in [-0.15, -0.1) is 0 Å². The minimum atomic E-state index is 0.963. The van der Waals surface area contributed by atoms with Crippen molar-refractivity contribution in [3.63, 3.8) is 0 Å².